The van der Waals surface area contributed by atoms with Gasteiger partial charge < -0.3 is 10.5 Å². The van der Waals surface area contributed by atoms with Gasteiger partial charge >= 0.3 is 6.01 Å². The summed E-state index contributed by atoms with van der Waals surface area (Å²) in [7, 11) is 0. The van der Waals surface area contributed by atoms with Crippen LogP contribution >= 0.6 is 0 Å². The Morgan fingerprint density at radius 3 is 2.59 bits per heavy atom. The van der Waals surface area contributed by atoms with E-state index in [0.29, 0.717) is 0 Å². The van der Waals surface area contributed by atoms with Crippen LogP contribution in [0.4, 0.5) is 5.95 Å². The minimum atomic E-state index is -0.409. The first-order chi connectivity index (χ1) is 7.94. The fourth-order valence-electron chi connectivity index (χ4n) is 1.09. The van der Waals surface area contributed by atoms with E-state index in [4.69, 9.17) is 10.5 Å². The third-order valence-corrected chi connectivity index (χ3v) is 1.64. The molecule has 17 heavy (non-hydrogen) atoms. The summed E-state index contributed by atoms with van der Waals surface area (Å²) < 4.78 is 6.90. The average molecular weight is 235 g/mol. The summed E-state index contributed by atoms with van der Waals surface area (Å²) >= 11 is 0. The maximum atomic E-state index is 5.58. The van der Waals surface area contributed by atoms with Crippen molar-refractivity contribution >= 4 is 5.95 Å². The number of rotatable bonds is 2. The fourth-order valence-corrected chi connectivity index (χ4v) is 1.09. The number of hydrogen-bond acceptors (Lipinski definition) is 7. The molecule has 2 aromatic heterocycles. The molecule has 0 radical (unpaired) electrons. The van der Waals surface area contributed by atoms with Gasteiger partial charge in [-0.3, -0.25) is 0 Å². The first kappa shape index (κ1) is 11.2. The third-order valence-electron chi connectivity index (χ3n) is 1.64. The molecule has 2 heterocycles. The molecule has 0 aliphatic carbocycles. The molecule has 0 amide bonds. The Bertz CT molecular complexity index is 503. The molecule has 0 aromatic carbocycles. The van der Waals surface area contributed by atoms with Crippen molar-refractivity contribution < 1.29 is 4.74 Å². The van der Waals surface area contributed by atoms with E-state index in [1.807, 2.05) is 20.8 Å². The van der Waals surface area contributed by atoms with Crippen LogP contribution in [0.2, 0.25) is 0 Å². The zero-order chi connectivity index (χ0) is 12.5. The molecule has 0 aliphatic heterocycles. The molecule has 8 heteroatoms. The second kappa shape index (κ2) is 3.96. The predicted molar refractivity (Wildman–Crippen MR) is 59.5 cm³/mol. The second-order valence-electron chi connectivity index (χ2n) is 4.33. The summed E-state index contributed by atoms with van der Waals surface area (Å²) in [5, 5.41) is 3.91. The van der Waals surface area contributed by atoms with Gasteiger partial charge in [-0.15, -0.1) is 0 Å². The van der Waals surface area contributed by atoms with Gasteiger partial charge in [0, 0.05) is 0 Å². The highest BCUT2D eigenvalue weighted by molar-refractivity contribution is 5.24. The Balaban J connectivity index is 2.36. The smallest absolute Gasteiger partial charge is 0.323 e. The zero-order valence-electron chi connectivity index (χ0n) is 9.82. The molecule has 2 aromatic rings. The molecule has 0 spiro atoms. The van der Waals surface area contributed by atoms with Gasteiger partial charge in [0.25, 0.3) is 5.95 Å². The van der Waals surface area contributed by atoms with Crippen molar-refractivity contribution in [3.05, 3.63) is 12.7 Å². The molecule has 0 fully saturated rings. The van der Waals surface area contributed by atoms with Crippen molar-refractivity contribution in [2.45, 2.75) is 26.4 Å². The first-order valence-electron chi connectivity index (χ1n) is 4.99. The number of anilines is 1. The highest BCUT2D eigenvalue weighted by Crippen LogP contribution is 2.14. The third kappa shape index (κ3) is 2.86. The zero-order valence-corrected chi connectivity index (χ0v) is 9.82. The summed E-state index contributed by atoms with van der Waals surface area (Å²) in [6, 6.07) is 0.163. The van der Waals surface area contributed by atoms with Crippen molar-refractivity contribution in [1.29, 1.82) is 0 Å². The number of nitrogen functional groups attached to an aromatic ring is 1. The van der Waals surface area contributed by atoms with Gasteiger partial charge in [0.1, 0.15) is 18.3 Å². The number of ether oxygens (including phenoxy) is 1. The highest BCUT2D eigenvalue weighted by Gasteiger charge is 2.16. The van der Waals surface area contributed by atoms with Crippen molar-refractivity contribution in [2.24, 2.45) is 0 Å². The topological polar surface area (TPSA) is 105 Å². The molecular formula is C9H13N7O. The lowest BCUT2D eigenvalue weighted by molar-refractivity contribution is 0.116. The predicted octanol–water partition coefficient (Wildman–Crippen LogP) is 0.212. The van der Waals surface area contributed by atoms with E-state index >= 15 is 0 Å². The van der Waals surface area contributed by atoms with Crippen molar-refractivity contribution in [1.82, 2.24) is 29.7 Å². The van der Waals surface area contributed by atoms with Crippen molar-refractivity contribution in [3.8, 4) is 12.0 Å². The van der Waals surface area contributed by atoms with Crippen LogP contribution in [-0.4, -0.2) is 35.3 Å². The SMILES string of the molecule is CC(C)(C)Oc1nc(N)nc(-n2cncn2)n1. The Morgan fingerprint density at radius 1 is 1.24 bits per heavy atom. The lowest BCUT2D eigenvalue weighted by Crippen LogP contribution is -2.25. The maximum absolute atomic E-state index is 5.58. The molecule has 90 valence electrons. The van der Waals surface area contributed by atoms with E-state index in [1.54, 1.807) is 0 Å². The lowest BCUT2D eigenvalue weighted by Gasteiger charge is -2.19. The van der Waals surface area contributed by atoms with Crippen LogP contribution in [0.3, 0.4) is 0 Å². The Labute approximate surface area is 97.9 Å². The van der Waals surface area contributed by atoms with Crippen molar-refractivity contribution in [3.63, 3.8) is 0 Å². The molecular weight excluding hydrogens is 222 g/mol. The van der Waals surface area contributed by atoms with Gasteiger partial charge in [-0.2, -0.15) is 24.7 Å². The summed E-state index contributed by atoms with van der Waals surface area (Å²) in [6.07, 6.45) is 2.85. The normalized spacial score (nSPS) is 11.5. The minimum Gasteiger partial charge on any atom is -0.458 e. The van der Waals surface area contributed by atoms with Crippen molar-refractivity contribution in [2.75, 3.05) is 5.73 Å². The van der Waals surface area contributed by atoms with Gasteiger partial charge in [-0.25, -0.2) is 4.98 Å². The number of nitrogens with zero attached hydrogens (tertiary/aromatic N) is 6. The number of aromatic nitrogens is 6. The van der Waals surface area contributed by atoms with E-state index in [9.17, 15) is 0 Å². The van der Waals surface area contributed by atoms with Gasteiger partial charge in [0.15, 0.2) is 0 Å². The molecule has 0 bridgehead atoms. The molecule has 0 saturated heterocycles. The quantitative estimate of drug-likeness (QED) is 0.793. The van der Waals surface area contributed by atoms with Gasteiger partial charge in [-0.1, -0.05) is 0 Å². The summed E-state index contributed by atoms with van der Waals surface area (Å²) in [5.41, 5.74) is 5.17. The van der Waals surface area contributed by atoms with Gasteiger partial charge in [0.05, 0.1) is 0 Å². The molecule has 0 saturated carbocycles. The highest BCUT2D eigenvalue weighted by atomic mass is 16.5. The summed E-state index contributed by atoms with van der Waals surface area (Å²) in [5.74, 6) is 0.346. The van der Waals surface area contributed by atoms with Crippen LogP contribution in [0.5, 0.6) is 6.01 Å². The summed E-state index contributed by atoms with van der Waals surface area (Å²) in [4.78, 5) is 15.7. The second-order valence-corrected chi connectivity index (χ2v) is 4.33. The largest absolute Gasteiger partial charge is 0.458 e. The van der Waals surface area contributed by atoms with Crippen LogP contribution in [0, 0.1) is 0 Å². The molecule has 0 aliphatic rings. The molecule has 0 unspecified atom stereocenters. The van der Waals surface area contributed by atoms with Gasteiger partial charge in [-0.05, 0) is 20.8 Å². The Hall–Kier alpha value is -2.25. The maximum Gasteiger partial charge on any atom is 0.323 e. The Kier molecular flexibility index (Phi) is 2.62. The first-order valence-corrected chi connectivity index (χ1v) is 4.99. The lowest BCUT2D eigenvalue weighted by atomic mass is 10.2. The number of nitrogens with two attached hydrogens (primary N) is 1. The van der Waals surface area contributed by atoms with Crippen LogP contribution in [0.25, 0.3) is 5.95 Å². The van der Waals surface area contributed by atoms with E-state index in [0.717, 1.165) is 0 Å². The Morgan fingerprint density at radius 2 is 2.00 bits per heavy atom. The van der Waals surface area contributed by atoms with Crippen LogP contribution < -0.4 is 10.5 Å². The van der Waals surface area contributed by atoms with Crippen LogP contribution in [0.1, 0.15) is 20.8 Å². The minimum absolute atomic E-state index is 0.0738. The number of hydrogen-bond donors (Lipinski definition) is 1. The van der Waals surface area contributed by atoms with Crippen LogP contribution in [-0.2, 0) is 0 Å². The van der Waals surface area contributed by atoms with Gasteiger partial charge in [0.2, 0.25) is 5.95 Å². The summed E-state index contributed by atoms with van der Waals surface area (Å²) in [6.45, 7) is 5.67. The van der Waals surface area contributed by atoms with E-state index in [-0.39, 0.29) is 17.9 Å². The van der Waals surface area contributed by atoms with E-state index in [1.165, 1.54) is 17.3 Å². The standard InChI is InChI=1S/C9H13N7O/c1-9(2,3)17-8-14-6(10)13-7(15-8)16-5-11-4-12-16/h4-5H,1-3H3,(H2,10,13,14,15). The fraction of sp³-hybridized carbons (Fsp3) is 0.444. The molecule has 2 rings (SSSR count). The molecule has 0 atom stereocenters. The van der Waals surface area contributed by atoms with E-state index in [2.05, 4.69) is 25.0 Å². The van der Waals surface area contributed by atoms with E-state index < -0.39 is 5.60 Å². The molecule has 2 N–H and O–H groups in total. The average Bonchev–Trinajstić information content (AvgIpc) is 2.65. The molecule has 8 nitrogen and oxygen atoms in total. The van der Waals surface area contributed by atoms with Crippen LogP contribution in [0.15, 0.2) is 12.7 Å². The monoisotopic (exact) mass is 235 g/mol.